The van der Waals surface area contributed by atoms with Crippen LogP contribution >= 0.6 is 11.3 Å². The number of nitrogens with one attached hydrogen (secondary N) is 1. The Kier molecular flexibility index (Phi) is 4.60. The predicted molar refractivity (Wildman–Crippen MR) is 98.0 cm³/mol. The summed E-state index contributed by atoms with van der Waals surface area (Å²) in [5, 5.41) is 12.1. The molecule has 2 aromatic heterocycles. The summed E-state index contributed by atoms with van der Waals surface area (Å²) in [6.07, 6.45) is 2.95. The van der Waals surface area contributed by atoms with E-state index >= 15 is 0 Å². The average Bonchev–Trinajstić information content (AvgIpc) is 3.24. The largest absolute Gasteiger partial charge is 0.338 e. The second-order valence-corrected chi connectivity index (χ2v) is 8.08. The van der Waals surface area contributed by atoms with Crippen LogP contribution in [-0.4, -0.2) is 45.2 Å². The molecule has 0 atom stereocenters. The van der Waals surface area contributed by atoms with Crippen molar-refractivity contribution in [2.24, 2.45) is 0 Å². The minimum atomic E-state index is 0.193. The first-order chi connectivity index (χ1) is 12.2. The Hall–Kier alpha value is -1.73. The average molecular weight is 359 g/mol. The minimum absolute atomic E-state index is 0.193. The highest BCUT2D eigenvalue weighted by Gasteiger charge is 2.29. The first-order valence-electron chi connectivity index (χ1n) is 9.18. The molecule has 6 nitrogen and oxygen atoms in total. The van der Waals surface area contributed by atoms with Gasteiger partial charge in [-0.3, -0.25) is 4.79 Å². The van der Waals surface area contributed by atoms with Crippen LogP contribution in [0.1, 0.15) is 57.4 Å². The van der Waals surface area contributed by atoms with Gasteiger partial charge in [-0.25, -0.2) is 0 Å². The summed E-state index contributed by atoms with van der Waals surface area (Å²) in [5.41, 5.74) is 1.24. The maximum Gasteiger partial charge on any atom is 0.263 e. The monoisotopic (exact) mass is 359 g/mol. The Morgan fingerprint density at radius 3 is 2.84 bits per heavy atom. The van der Waals surface area contributed by atoms with Crippen LogP contribution < -0.4 is 5.32 Å². The highest BCUT2D eigenvalue weighted by atomic mass is 32.1. The van der Waals surface area contributed by atoms with E-state index in [4.69, 9.17) is 0 Å². The van der Waals surface area contributed by atoms with Crippen LogP contribution in [0.3, 0.4) is 0 Å². The number of likely N-dealkylation sites (tertiary alicyclic amines) is 1. The van der Waals surface area contributed by atoms with Crippen molar-refractivity contribution in [2.45, 2.75) is 52.1 Å². The van der Waals surface area contributed by atoms with E-state index in [0.29, 0.717) is 5.92 Å². The Morgan fingerprint density at radius 1 is 1.32 bits per heavy atom. The van der Waals surface area contributed by atoms with E-state index in [-0.39, 0.29) is 5.91 Å². The van der Waals surface area contributed by atoms with Gasteiger partial charge in [0.15, 0.2) is 0 Å². The highest BCUT2D eigenvalue weighted by molar-refractivity contribution is 7.14. The third-order valence-electron chi connectivity index (χ3n) is 5.35. The highest BCUT2D eigenvalue weighted by Crippen LogP contribution is 2.30. The molecule has 4 heterocycles. The maximum atomic E-state index is 12.8. The van der Waals surface area contributed by atoms with Gasteiger partial charge in [0.2, 0.25) is 0 Å². The fourth-order valence-corrected chi connectivity index (χ4v) is 4.97. The maximum absolute atomic E-state index is 12.8. The van der Waals surface area contributed by atoms with Crippen molar-refractivity contribution in [1.82, 2.24) is 25.0 Å². The van der Waals surface area contributed by atoms with Gasteiger partial charge in [-0.15, -0.1) is 21.5 Å². The van der Waals surface area contributed by atoms with Crippen molar-refractivity contribution in [3.8, 4) is 0 Å². The molecule has 4 rings (SSSR count). The topological polar surface area (TPSA) is 63.1 Å². The van der Waals surface area contributed by atoms with Crippen molar-refractivity contribution < 1.29 is 4.79 Å². The number of hydrogen-bond donors (Lipinski definition) is 1. The third kappa shape index (κ3) is 3.11. The summed E-state index contributed by atoms with van der Waals surface area (Å²) in [6.45, 7) is 8.60. The van der Waals surface area contributed by atoms with Crippen molar-refractivity contribution in [3.63, 3.8) is 0 Å². The van der Waals surface area contributed by atoms with E-state index in [1.165, 1.54) is 10.4 Å². The molecule has 2 aromatic rings. The summed E-state index contributed by atoms with van der Waals surface area (Å²) in [7, 11) is 0. The Bertz CT molecular complexity index is 773. The lowest BCUT2D eigenvalue weighted by Crippen LogP contribution is -2.38. The van der Waals surface area contributed by atoms with Crippen LogP contribution in [0.5, 0.6) is 0 Å². The molecule has 1 amide bonds. The molecule has 0 aromatic carbocycles. The molecule has 0 spiro atoms. The molecule has 0 bridgehead atoms. The molecule has 134 valence electrons. The number of piperidine rings is 1. The zero-order chi connectivity index (χ0) is 17.4. The number of aromatic nitrogens is 3. The minimum Gasteiger partial charge on any atom is -0.338 e. The van der Waals surface area contributed by atoms with Gasteiger partial charge in [-0.05, 0) is 37.8 Å². The molecule has 0 saturated carbocycles. The van der Waals surface area contributed by atoms with E-state index < -0.39 is 0 Å². The predicted octanol–water partition coefficient (Wildman–Crippen LogP) is 2.33. The molecule has 1 N–H and O–H groups in total. The summed E-state index contributed by atoms with van der Waals surface area (Å²) in [6, 6.07) is 2.06. The SMILES string of the molecule is CCc1sc(C(=O)N2CCC(c3nnc4n3CCNC4)CC2)cc1C. The Labute approximate surface area is 152 Å². The number of fused-ring (bicyclic) bond motifs is 1. The fourth-order valence-electron chi connectivity index (χ4n) is 3.89. The van der Waals surface area contributed by atoms with E-state index in [1.54, 1.807) is 11.3 Å². The lowest BCUT2D eigenvalue weighted by Gasteiger charge is -2.31. The van der Waals surface area contributed by atoms with Crippen molar-refractivity contribution in [2.75, 3.05) is 19.6 Å². The number of rotatable bonds is 3. The number of nitrogens with zero attached hydrogens (tertiary/aromatic N) is 4. The van der Waals surface area contributed by atoms with E-state index in [2.05, 4.69) is 40.0 Å². The second kappa shape index (κ2) is 6.88. The number of thiophene rings is 1. The van der Waals surface area contributed by atoms with Crippen LogP contribution in [0.4, 0.5) is 0 Å². The lowest BCUT2D eigenvalue weighted by molar-refractivity contribution is 0.0715. The molecule has 1 saturated heterocycles. The zero-order valence-corrected chi connectivity index (χ0v) is 15.7. The molecular weight excluding hydrogens is 334 g/mol. The number of aryl methyl sites for hydroxylation is 2. The summed E-state index contributed by atoms with van der Waals surface area (Å²) in [5.74, 6) is 2.77. The molecule has 2 aliphatic heterocycles. The number of carbonyl (C=O) groups excluding carboxylic acids is 1. The van der Waals surface area contributed by atoms with Crippen molar-refractivity contribution >= 4 is 17.2 Å². The Morgan fingerprint density at radius 2 is 2.12 bits per heavy atom. The third-order valence-corrected chi connectivity index (χ3v) is 6.72. The normalized spacial score (nSPS) is 18.4. The van der Waals surface area contributed by atoms with Crippen LogP contribution in [0.15, 0.2) is 6.07 Å². The molecule has 2 aliphatic rings. The van der Waals surface area contributed by atoms with Gasteiger partial charge in [0.25, 0.3) is 5.91 Å². The lowest BCUT2D eigenvalue weighted by atomic mass is 9.95. The molecule has 0 aliphatic carbocycles. The van der Waals surface area contributed by atoms with Gasteiger partial charge in [0.05, 0.1) is 11.4 Å². The van der Waals surface area contributed by atoms with Gasteiger partial charge >= 0.3 is 0 Å². The van der Waals surface area contributed by atoms with Crippen LogP contribution in [0.2, 0.25) is 0 Å². The molecule has 0 radical (unpaired) electrons. The van der Waals surface area contributed by atoms with E-state index in [0.717, 1.165) is 68.5 Å². The Balaban J connectivity index is 1.42. The first kappa shape index (κ1) is 16.7. The van der Waals surface area contributed by atoms with Gasteiger partial charge in [-0.1, -0.05) is 6.92 Å². The number of amides is 1. The summed E-state index contributed by atoms with van der Waals surface area (Å²) < 4.78 is 2.27. The molecular formula is C18H25N5OS. The van der Waals surface area contributed by atoms with Crippen LogP contribution in [-0.2, 0) is 19.5 Å². The van der Waals surface area contributed by atoms with E-state index in [1.807, 2.05) is 4.90 Å². The quantitative estimate of drug-likeness (QED) is 0.914. The van der Waals surface area contributed by atoms with Crippen LogP contribution in [0, 0.1) is 6.92 Å². The van der Waals surface area contributed by atoms with Gasteiger partial charge in [0, 0.05) is 37.0 Å². The van der Waals surface area contributed by atoms with Crippen LogP contribution in [0.25, 0.3) is 0 Å². The number of hydrogen-bond acceptors (Lipinski definition) is 5. The first-order valence-corrected chi connectivity index (χ1v) is 10.00. The smallest absolute Gasteiger partial charge is 0.263 e. The van der Waals surface area contributed by atoms with Crippen molar-refractivity contribution in [3.05, 3.63) is 33.0 Å². The van der Waals surface area contributed by atoms with Crippen molar-refractivity contribution in [1.29, 1.82) is 0 Å². The molecule has 1 fully saturated rings. The van der Waals surface area contributed by atoms with E-state index in [9.17, 15) is 4.79 Å². The zero-order valence-electron chi connectivity index (χ0n) is 14.9. The fraction of sp³-hybridized carbons (Fsp3) is 0.611. The number of carbonyl (C=O) groups is 1. The van der Waals surface area contributed by atoms with Gasteiger partial charge in [-0.2, -0.15) is 0 Å². The van der Waals surface area contributed by atoms with Gasteiger partial charge in [0.1, 0.15) is 11.6 Å². The summed E-state index contributed by atoms with van der Waals surface area (Å²) >= 11 is 1.65. The van der Waals surface area contributed by atoms with Gasteiger partial charge < -0.3 is 14.8 Å². The molecule has 0 unspecified atom stereocenters. The molecule has 25 heavy (non-hydrogen) atoms. The summed E-state index contributed by atoms with van der Waals surface area (Å²) in [4.78, 5) is 17.0. The molecule has 7 heteroatoms. The second-order valence-electron chi connectivity index (χ2n) is 6.94. The standard InChI is InChI=1S/C18H25N5OS/c1-3-14-12(2)10-15(25-14)18(24)22-7-4-13(5-8-22)17-21-20-16-11-19-6-9-23(16)17/h10,13,19H,3-9,11H2,1-2H3.